The van der Waals surface area contributed by atoms with Gasteiger partial charge in [-0.3, -0.25) is 0 Å². The molecule has 1 aromatic heterocycles. The Kier molecular flexibility index (Phi) is 4.37. The Morgan fingerprint density at radius 1 is 1.42 bits per heavy atom. The first-order chi connectivity index (χ1) is 8.99. The number of aromatic nitrogens is 2. The summed E-state index contributed by atoms with van der Waals surface area (Å²) in [5.74, 6) is 1.21. The molecule has 0 spiro atoms. The number of rotatable bonds is 3. The zero-order valence-corrected chi connectivity index (χ0v) is 12.3. The number of morpholine rings is 1. The van der Waals surface area contributed by atoms with E-state index < -0.39 is 0 Å². The van der Waals surface area contributed by atoms with Crippen LogP contribution in [0.5, 0.6) is 0 Å². The molecule has 1 saturated heterocycles. The molecule has 0 radical (unpaired) electrons. The highest BCUT2D eigenvalue weighted by molar-refractivity contribution is 5.34. The second-order valence-corrected chi connectivity index (χ2v) is 5.60. The lowest BCUT2D eigenvalue weighted by atomic mass is 10.1. The van der Waals surface area contributed by atoms with Crippen LogP contribution in [-0.2, 0) is 4.74 Å². The molecule has 0 amide bonds. The van der Waals surface area contributed by atoms with E-state index in [9.17, 15) is 0 Å². The zero-order valence-electron chi connectivity index (χ0n) is 12.3. The van der Waals surface area contributed by atoms with Crippen LogP contribution < -0.4 is 10.6 Å². The van der Waals surface area contributed by atoms with Crippen molar-refractivity contribution in [2.45, 2.75) is 45.8 Å². The number of aryl methyl sites for hydroxylation is 1. The van der Waals surface area contributed by atoms with Crippen LogP contribution in [0.25, 0.3) is 0 Å². The highest BCUT2D eigenvalue weighted by Crippen LogP contribution is 2.20. The Hall–Kier alpha value is -1.20. The Morgan fingerprint density at radius 2 is 2.16 bits per heavy atom. The van der Waals surface area contributed by atoms with Gasteiger partial charge < -0.3 is 15.4 Å². The van der Waals surface area contributed by atoms with E-state index in [0.717, 1.165) is 30.4 Å². The number of hydrogen-bond donors (Lipinski definition) is 1. The van der Waals surface area contributed by atoms with Crippen LogP contribution in [0.4, 0.5) is 5.95 Å². The van der Waals surface area contributed by atoms with E-state index in [1.807, 2.05) is 6.92 Å². The van der Waals surface area contributed by atoms with Crippen LogP contribution in [0.1, 0.15) is 38.1 Å². The molecule has 2 N–H and O–H groups in total. The van der Waals surface area contributed by atoms with E-state index >= 15 is 0 Å². The molecule has 2 unspecified atom stereocenters. The predicted octanol–water partition coefficient (Wildman–Crippen LogP) is 1.46. The van der Waals surface area contributed by atoms with Crippen molar-refractivity contribution in [3.8, 4) is 0 Å². The highest BCUT2D eigenvalue weighted by Gasteiger charge is 2.26. The fourth-order valence-corrected chi connectivity index (χ4v) is 2.35. The first kappa shape index (κ1) is 14.2. The second kappa shape index (κ2) is 5.84. The molecule has 0 bridgehead atoms. The molecule has 1 aliphatic rings. The maximum absolute atomic E-state index is 5.77. The van der Waals surface area contributed by atoms with E-state index in [4.69, 9.17) is 10.5 Å². The number of nitrogens with zero attached hydrogens (tertiary/aromatic N) is 3. The molecule has 5 nitrogen and oxygen atoms in total. The molecule has 106 valence electrons. The topological polar surface area (TPSA) is 64.3 Å². The van der Waals surface area contributed by atoms with E-state index in [2.05, 4.69) is 41.7 Å². The summed E-state index contributed by atoms with van der Waals surface area (Å²) in [6.45, 7) is 10.5. The summed E-state index contributed by atoms with van der Waals surface area (Å²) < 4.78 is 5.77. The maximum Gasteiger partial charge on any atom is 0.225 e. The Balaban J connectivity index is 2.25. The van der Waals surface area contributed by atoms with Crippen molar-refractivity contribution in [3.05, 3.63) is 17.5 Å². The summed E-state index contributed by atoms with van der Waals surface area (Å²) in [6, 6.07) is 2.05. The summed E-state index contributed by atoms with van der Waals surface area (Å²) >= 11 is 0. The molecule has 0 saturated carbocycles. The summed E-state index contributed by atoms with van der Waals surface area (Å²) in [7, 11) is 0. The molecule has 5 heteroatoms. The molecule has 1 aromatic rings. The molecule has 0 aliphatic carbocycles. The van der Waals surface area contributed by atoms with Crippen LogP contribution >= 0.6 is 0 Å². The fourth-order valence-electron chi connectivity index (χ4n) is 2.35. The minimum Gasteiger partial charge on any atom is -0.370 e. The van der Waals surface area contributed by atoms with Gasteiger partial charge in [0, 0.05) is 31.0 Å². The van der Waals surface area contributed by atoms with Crippen LogP contribution in [0.15, 0.2) is 6.07 Å². The van der Waals surface area contributed by atoms with Gasteiger partial charge in [-0.1, -0.05) is 13.8 Å². The van der Waals surface area contributed by atoms with E-state index in [1.165, 1.54) is 0 Å². The van der Waals surface area contributed by atoms with Gasteiger partial charge in [-0.05, 0) is 25.8 Å². The third-order valence-corrected chi connectivity index (χ3v) is 3.33. The molecule has 2 heterocycles. The lowest BCUT2D eigenvalue weighted by molar-refractivity contribution is -0.0109. The first-order valence-electron chi connectivity index (χ1n) is 6.95. The largest absolute Gasteiger partial charge is 0.370 e. The monoisotopic (exact) mass is 264 g/mol. The van der Waals surface area contributed by atoms with Gasteiger partial charge in [-0.15, -0.1) is 0 Å². The molecule has 1 aliphatic heterocycles. The predicted molar refractivity (Wildman–Crippen MR) is 76.5 cm³/mol. The van der Waals surface area contributed by atoms with Gasteiger partial charge in [0.1, 0.15) is 0 Å². The lowest BCUT2D eigenvalue weighted by Crippen LogP contribution is -2.50. The van der Waals surface area contributed by atoms with Gasteiger partial charge in [0.05, 0.1) is 12.2 Å². The molecular formula is C14H24N4O. The number of nitrogens with two attached hydrogens (primary N) is 1. The van der Waals surface area contributed by atoms with Gasteiger partial charge in [0.2, 0.25) is 5.95 Å². The van der Waals surface area contributed by atoms with Crippen molar-refractivity contribution in [2.24, 2.45) is 5.73 Å². The van der Waals surface area contributed by atoms with Crippen molar-refractivity contribution in [2.75, 3.05) is 24.5 Å². The standard InChI is InChI=1S/C14H24N4O/c1-9(2)13-5-10(3)16-14(17-13)18-7-11(4)19-12(6-15)8-18/h5,9,11-12H,6-8,15H2,1-4H3. The van der Waals surface area contributed by atoms with Crippen LogP contribution in [0, 0.1) is 6.92 Å². The summed E-state index contributed by atoms with van der Waals surface area (Å²) in [6.07, 6.45) is 0.226. The van der Waals surface area contributed by atoms with Gasteiger partial charge in [-0.2, -0.15) is 0 Å². The number of anilines is 1. The zero-order chi connectivity index (χ0) is 14.0. The smallest absolute Gasteiger partial charge is 0.225 e. The highest BCUT2D eigenvalue weighted by atomic mass is 16.5. The minimum absolute atomic E-state index is 0.0652. The van der Waals surface area contributed by atoms with Crippen LogP contribution in [0.3, 0.4) is 0 Å². The minimum atomic E-state index is 0.0652. The van der Waals surface area contributed by atoms with Gasteiger partial charge in [0.15, 0.2) is 0 Å². The van der Waals surface area contributed by atoms with Crippen molar-refractivity contribution in [1.82, 2.24) is 9.97 Å². The van der Waals surface area contributed by atoms with Gasteiger partial charge >= 0.3 is 0 Å². The third kappa shape index (κ3) is 3.42. The molecule has 0 aromatic carbocycles. The molecule has 19 heavy (non-hydrogen) atoms. The number of hydrogen-bond acceptors (Lipinski definition) is 5. The quantitative estimate of drug-likeness (QED) is 0.895. The van der Waals surface area contributed by atoms with Crippen molar-refractivity contribution < 1.29 is 4.74 Å². The van der Waals surface area contributed by atoms with E-state index in [-0.39, 0.29) is 12.2 Å². The van der Waals surface area contributed by atoms with Crippen LogP contribution in [0.2, 0.25) is 0 Å². The second-order valence-electron chi connectivity index (χ2n) is 5.60. The molecule has 1 fully saturated rings. The van der Waals surface area contributed by atoms with Crippen molar-refractivity contribution >= 4 is 5.95 Å². The molecule has 2 atom stereocenters. The number of ether oxygens (including phenoxy) is 1. The van der Waals surface area contributed by atoms with Crippen LogP contribution in [-0.4, -0.2) is 41.8 Å². The summed E-state index contributed by atoms with van der Waals surface area (Å²) in [5.41, 5.74) is 7.82. The average Bonchev–Trinajstić information content (AvgIpc) is 2.37. The molecule has 2 rings (SSSR count). The Morgan fingerprint density at radius 3 is 2.79 bits per heavy atom. The third-order valence-electron chi connectivity index (χ3n) is 3.33. The molecular weight excluding hydrogens is 240 g/mol. The maximum atomic E-state index is 5.77. The van der Waals surface area contributed by atoms with E-state index in [1.54, 1.807) is 0 Å². The van der Waals surface area contributed by atoms with Crippen molar-refractivity contribution in [1.29, 1.82) is 0 Å². The average molecular weight is 264 g/mol. The fraction of sp³-hybridized carbons (Fsp3) is 0.714. The first-order valence-corrected chi connectivity index (χ1v) is 6.95. The lowest BCUT2D eigenvalue weighted by Gasteiger charge is -2.36. The Bertz CT molecular complexity index is 435. The van der Waals surface area contributed by atoms with Crippen molar-refractivity contribution in [3.63, 3.8) is 0 Å². The van der Waals surface area contributed by atoms with E-state index in [0.29, 0.717) is 12.5 Å². The summed E-state index contributed by atoms with van der Waals surface area (Å²) in [4.78, 5) is 11.4. The normalized spacial score (nSPS) is 24.0. The summed E-state index contributed by atoms with van der Waals surface area (Å²) in [5, 5.41) is 0. The van der Waals surface area contributed by atoms with Gasteiger partial charge in [0.25, 0.3) is 0 Å². The SMILES string of the molecule is Cc1cc(C(C)C)nc(N2CC(C)OC(CN)C2)n1. The van der Waals surface area contributed by atoms with Gasteiger partial charge in [-0.25, -0.2) is 9.97 Å². The Labute approximate surface area is 115 Å².